The van der Waals surface area contributed by atoms with E-state index >= 15 is 0 Å². The monoisotopic (exact) mass is 598 g/mol. The van der Waals surface area contributed by atoms with Gasteiger partial charge < -0.3 is 9.97 Å². The van der Waals surface area contributed by atoms with Gasteiger partial charge in [-0.25, -0.2) is 9.98 Å². The number of H-pyrrole nitrogens is 2. The summed E-state index contributed by atoms with van der Waals surface area (Å²) in [7, 11) is 0. The summed E-state index contributed by atoms with van der Waals surface area (Å²) in [6, 6.07) is 15.5. The van der Waals surface area contributed by atoms with Crippen molar-refractivity contribution in [2.75, 3.05) is 0 Å². The molecule has 0 unspecified atom stereocenters. The van der Waals surface area contributed by atoms with E-state index in [1.54, 1.807) is 0 Å². The first kappa shape index (κ1) is 25.7. The number of halogens is 1. The summed E-state index contributed by atoms with van der Waals surface area (Å²) < 4.78 is 1.000. The normalized spacial score (nSPS) is 15.6. The van der Waals surface area contributed by atoms with Crippen LogP contribution in [0.2, 0.25) is 0 Å². The maximum atomic E-state index is 5.18. The van der Waals surface area contributed by atoms with Crippen molar-refractivity contribution < 1.29 is 0 Å². The molecule has 0 saturated heterocycles. The summed E-state index contributed by atoms with van der Waals surface area (Å²) in [5.74, 6) is 0. The molecule has 7 rings (SSSR count). The van der Waals surface area contributed by atoms with Gasteiger partial charge in [-0.2, -0.15) is 0 Å². The molecule has 3 aliphatic rings. The number of nitrogens with zero attached hydrogens (tertiary/aromatic N) is 2. The van der Waals surface area contributed by atoms with E-state index in [1.165, 1.54) is 44.5 Å². The molecular weight excluding hydrogens is 568 g/mol. The minimum atomic E-state index is 0.873. The predicted molar refractivity (Wildman–Crippen MR) is 175 cm³/mol. The molecule has 4 aromatic rings. The fraction of sp³-hybridized carbons (Fsp3) is 0.167. The summed E-state index contributed by atoms with van der Waals surface area (Å²) in [4.78, 5) is 17.8. The van der Waals surface area contributed by atoms with Crippen LogP contribution in [0.3, 0.4) is 0 Å². The standard InChI is InChI=1S/C36H31BrN4/c1-18-13-20(3)32(21(4)14-18)34-27-9-7-25(38-27)26-8-10-29(39-26)35(33-22(5)15-19(2)16-23(33)6)31-17-24(37)36(41-31)30-12-11-28(34)40-30/h7-17,40-41H,1-6H3. The summed E-state index contributed by atoms with van der Waals surface area (Å²) in [6.45, 7) is 13.0. The van der Waals surface area contributed by atoms with Crippen LogP contribution in [-0.4, -0.2) is 21.4 Å². The van der Waals surface area contributed by atoms with Gasteiger partial charge in [-0.05, 0) is 133 Å². The number of hydrogen-bond acceptors (Lipinski definition) is 2. The zero-order valence-corrected chi connectivity index (χ0v) is 25.7. The average molecular weight is 600 g/mol. The van der Waals surface area contributed by atoms with Gasteiger partial charge >= 0.3 is 0 Å². The number of aromatic amines is 2. The molecule has 2 aromatic carbocycles. The number of aromatic nitrogens is 2. The molecule has 0 aliphatic carbocycles. The Bertz CT molecular complexity index is 1950. The van der Waals surface area contributed by atoms with Crippen LogP contribution in [-0.2, 0) is 0 Å². The minimum absolute atomic E-state index is 0.873. The highest BCUT2D eigenvalue weighted by Crippen LogP contribution is 2.41. The van der Waals surface area contributed by atoms with E-state index < -0.39 is 0 Å². The zero-order valence-electron chi connectivity index (χ0n) is 24.1. The molecule has 0 fully saturated rings. The van der Waals surface area contributed by atoms with Gasteiger partial charge in [-0.15, -0.1) is 0 Å². The van der Waals surface area contributed by atoms with Gasteiger partial charge in [0.2, 0.25) is 0 Å². The second-order valence-corrected chi connectivity index (χ2v) is 12.3. The van der Waals surface area contributed by atoms with Crippen LogP contribution in [0, 0.1) is 41.5 Å². The minimum Gasteiger partial charge on any atom is -0.353 e. The average Bonchev–Trinajstić information content (AvgIpc) is 3.70. The van der Waals surface area contributed by atoms with Crippen molar-refractivity contribution in [1.82, 2.24) is 9.97 Å². The predicted octanol–water partition coefficient (Wildman–Crippen LogP) is 9.18. The molecule has 8 bridgehead atoms. The number of rotatable bonds is 2. The summed E-state index contributed by atoms with van der Waals surface area (Å²) in [5.41, 5.74) is 19.7. The molecule has 5 heteroatoms. The van der Waals surface area contributed by atoms with E-state index in [4.69, 9.17) is 9.98 Å². The highest BCUT2D eigenvalue weighted by atomic mass is 79.9. The van der Waals surface area contributed by atoms with Gasteiger partial charge in [0.15, 0.2) is 0 Å². The number of aliphatic imine (C=N–C) groups is 2. The van der Waals surface area contributed by atoms with Crippen molar-refractivity contribution in [1.29, 1.82) is 0 Å². The van der Waals surface area contributed by atoms with Crippen molar-refractivity contribution in [3.05, 3.63) is 139 Å². The Hall–Kier alpha value is -4.22. The largest absolute Gasteiger partial charge is 0.353 e. The Morgan fingerprint density at radius 1 is 0.537 bits per heavy atom. The smallest absolute Gasteiger partial charge is 0.0894 e. The Morgan fingerprint density at radius 2 is 1.00 bits per heavy atom. The van der Waals surface area contributed by atoms with Gasteiger partial charge in [0.1, 0.15) is 0 Å². The lowest BCUT2D eigenvalue weighted by molar-refractivity contribution is 1.23. The highest BCUT2D eigenvalue weighted by molar-refractivity contribution is 9.10. The molecule has 0 amide bonds. The van der Waals surface area contributed by atoms with Gasteiger partial charge in [0.25, 0.3) is 0 Å². The van der Waals surface area contributed by atoms with Gasteiger partial charge in [-0.1, -0.05) is 35.4 Å². The molecule has 0 atom stereocenters. The quantitative estimate of drug-likeness (QED) is 0.231. The van der Waals surface area contributed by atoms with E-state index in [0.717, 1.165) is 61.2 Å². The topological polar surface area (TPSA) is 56.3 Å². The van der Waals surface area contributed by atoms with Gasteiger partial charge in [0, 0.05) is 27.0 Å². The number of nitrogens with one attached hydrogen (secondary N) is 2. The summed E-state index contributed by atoms with van der Waals surface area (Å²) in [6.07, 6.45) is 8.43. The van der Waals surface area contributed by atoms with E-state index in [2.05, 4.69) is 134 Å². The second-order valence-electron chi connectivity index (χ2n) is 11.4. The molecule has 5 heterocycles. The Labute approximate surface area is 249 Å². The summed E-state index contributed by atoms with van der Waals surface area (Å²) in [5, 5.41) is 0. The van der Waals surface area contributed by atoms with Crippen molar-refractivity contribution in [3.63, 3.8) is 0 Å². The van der Waals surface area contributed by atoms with Crippen LogP contribution in [0.4, 0.5) is 0 Å². The maximum absolute atomic E-state index is 5.18. The summed E-state index contributed by atoms with van der Waals surface area (Å²) >= 11 is 3.87. The maximum Gasteiger partial charge on any atom is 0.0894 e. The Balaban J connectivity index is 1.55. The first-order chi connectivity index (χ1) is 19.7. The van der Waals surface area contributed by atoms with E-state index in [9.17, 15) is 0 Å². The van der Waals surface area contributed by atoms with E-state index in [-0.39, 0.29) is 0 Å². The van der Waals surface area contributed by atoms with Crippen molar-refractivity contribution in [2.45, 2.75) is 41.5 Å². The first-order valence-electron chi connectivity index (χ1n) is 14.0. The van der Waals surface area contributed by atoms with Crippen LogP contribution in [0.25, 0.3) is 22.5 Å². The first-order valence-corrected chi connectivity index (χ1v) is 14.7. The molecule has 2 N–H and O–H groups in total. The molecule has 3 aliphatic heterocycles. The molecule has 41 heavy (non-hydrogen) atoms. The lowest BCUT2D eigenvalue weighted by atomic mass is 9.90. The van der Waals surface area contributed by atoms with E-state index in [0.29, 0.717) is 0 Å². The van der Waals surface area contributed by atoms with Crippen molar-refractivity contribution in [3.8, 4) is 11.4 Å². The second kappa shape index (κ2) is 9.42. The number of allylic oxidation sites excluding steroid dienone is 4. The lowest BCUT2D eigenvalue weighted by Gasteiger charge is -2.16. The van der Waals surface area contributed by atoms with Crippen LogP contribution in [0.15, 0.2) is 92.6 Å². The lowest BCUT2D eigenvalue weighted by Crippen LogP contribution is -2.05. The SMILES string of the molecule is Cc1cc(C)c(C2=C3C=CC(=N3)C3=NC(=C(c4c(C)cc(C)cc4C)c4cc(Br)c([nH]4)-c4ccc2[nH]4)C=C3)c(C)c1. The fourth-order valence-electron chi connectivity index (χ4n) is 6.69. The number of hydrogen-bond donors (Lipinski definition) is 2. The third kappa shape index (κ3) is 4.18. The van der Waals surface area contributed by atoms with Gasteiger partial charge in [-0.3, -0.25) is 0 Å². The number of aryl methyl sites for hydroxylation is 6. The zero-order chi connectivity index (χ0) is 28.6. The van der Waals surface area contributed by atoms with Crippen molar-refractivity contribution >= 4 is 38.5 Å². The molecule has 0 spiro atoms. The molecule has 0 saturated carbocycles. The molecule has 2 aromatic heterocycles. The van der Waals surface area contributed by atoms with Gasteiger partial charge in [0.05, 0.1) is 34.2 Å². The third-order valence-corrected chi connectivity index (χ3v) is 8.80. The third-order valence-electron chi connectivity index (χ3n) is 8.17. The van der Waals surface area contributed by atoms with Crippen molar-refractivity contribution in [2.24, 2.45) is 9.98 Å². The molecule has 4 nitrogen and oxygen atoms in total. The highest BCUT2D eigenvalue weighted by Gasteiger charge is 2.26. The fourth-order valence-corrected chi connectivity index (χ4v) is 7.23. The molecule has 202 valence electrons. The van der Waals surface area contributed by atoms with Crippen LogP contribution in [0.5, 0.6) is 0 Å². The van der Waals surface area contributed by atoms with Crippen LogP contribution in [0.1, 0.15) is 55.9 Å². The Morgan fingerprint density at radius 3 is 1.51 bits per heavy atom. The number of benzene rings is 2. The van der Waals surface area contributed by atoms with Crippen LogP contribution >= 0.6 is 15.9 Å². The van der Waals surface area contributed by atoms with E-state index in [1.807, 2.05) is 0 Å². The number of fused-ring (bicyclic) bond motifs is 8. The molecular formula is C36H31BrN4. The Kier molecular flexibility index (Phi) is 5.91. The molecule has 0 radical (unpaired) electrons. The van der Waals surface area contributed by atoms with Crippen LogP contribution < -0.4 is 0 Å².